The number of aromatic nitrogens is 2. The molecule has 0 amide bonds. The number of aliphatic imine (C=N–C) groups is 1. The van der Waals surface area contributed by atoms with Gasteiger partial charge in [0.1, 0.15) is 0 Å². The fraction of sp³-hybridized carbons (Fsp3) is 0.733. The number of rotatable bonds is 9. The molecular formula is C15H29N5. The lowest BCUT2D eigenvalue weighted by Gasteiger charge is -2.14. The molecule has 0 saturated heterocycles. The van der Waals surface area contributed by atoms with E-state index in [1.54, 1.807) is 0 Å². The average Bonchev–Trinajstić information content (AvgIpc) is 2.97. The summed E-state index contributed by atoms with van der Waals surface area (Å²) < 4.78 is 1.95. The molecule has 0 saturated carbocycles. The Morgan fingerprint density at radius 3 is 2.65 bits per heavy atom. The van der Waals surface area contributed by atoms with Gasteiger partial charge in [0.05, 0.1) is 0 Å². The molecule has 1 aromatic rings. The Labute approximate surface area is 122 Å². The van der Waals surface area contributed by atoms with E-state index in [9.17, 15) is 0 Å². The van der Waals surface area contributed by atoms with Crippen LogP contribution in [0.4, 0.5) is 0 Å². The summed E-state index contributed by atoms with van der Waals surface area (Å²) in [6.45, 7) is 10.2. The predicted octanol–water partition coefficient (Wildman–Crippen LogP) is 2.26. The third kappa shape index (κ3) is 6.59. The van der Waals surface area contributed by atoms with Gasteiger partial charge >= 0.3 is 0 Å². The Balaban J connectivity index is 2.28. The first-order valence-corrected chi connectivity index (χ1v) is 7.79. The van der Waals surface area contributed by atoms with Gasteiger partial charge in [-0.3, -0.25) is 9.67 Å². The van der Waals surface area contributed by atoms with E-state index >= 15 is 0 Å². The molecule has 114 valence electrons. The Morgan fingerprint density at radius 1 is 1.25 bits per heavy atom. The van der Waals surface area contributed by atoms with Crippen LogP contribution in [0.3, 0.4) is 0 Å². The lowest BCUT2D eigenvalue weighted by Crippen LogP contribution is -2.38. The van der Waals surface area contributed by atoms with Crippen LogP contribution >= 0.6 is 0 Å². The van der Waals surface area contributed by atoms with Gasteiger partial charge in [-0.2, -0.15) is 5.10 Å². The molecular weight excluding hydrogens is 250 g/mol. The molecule has 0 radical (unpaired) electrons. The monoisotopic (exact) mass is 279 g/mol. The highest BCUT2D eigenvalue weighted by Gasteiger charge is 2.03. The second kappa shape index (κ2) is 10.3. The van der Waals surface area contributed by atoms with Crippen molar-refractivity contribution in [1.29, 1.82) is 0 Å². The summed E-state index contributed by atoms with van der Waals surface area (Å²) >= 11 is 0. The van der Waals surface area contributed by atoms with Crippen molar-refractivity contribution in [3.8, 4) is 0 Å². The number of nitrogens with one attached hydrogen (secondary N) is 2. The summed E-state index contributed by atoms with van der Waals surface area (Å²) in [6, 6.07) is 1.95. The maximum atomic E-state index is 4.66. The predicted molar refractivity (Wildman–Crippen MR) is 84.9 cm³/mol. The highest BCUT2D eigenvalue weighted by Crippen LogP contribution is 2.06. The van der Waals surface area contributed by atoms with Crippen LogP contribution in [-0.2, 0) is 6.54 Å². The van der Waals surface area contributed by atoms with E-state index in [2.05, 4.69) is 41.5 Å². The van der Waals surface area contributed by atoms with Gasteiger partial charge in [0.25, 0.3) is 0 Å². The molecule has 1 heterocycles. The van der Waals surface area contributed by atoms with Crippen LogP contribution in [0.1, 0.15) is 40.0 Å². The van der Waals surface area contributed by atoms with Crippen molar-refractivity contribution in [2.75, 3.05) is 19.6 Å². The van der Waals surface area contributed by atoms with Gasteiger partial charge in [0.2, 0.25) is 0 Å². The second-order valence-electron chi connectivity index (χ2n) is 4.95. The first-order valence-electron chi connectivity index (χ1n) is 7.79. The summed E-state index contributed by atoms with van der Waals surface area (Å²) in [4.78, 5) is 4.66. The van der Waals surface area contributed by atoms with Crippen LogP contribution in [0, 0.1) is 5.92 Å². The molecule has 0 spiro atoms. The third-order valence-corrected chi connectivity index (χ3v) is 3.42. The van der Waals surface area contributed by atoms with Gasteiger partial charge in [-0.15, -0.1) is 0 Å². The van der Waals surface area contributed by atoms with Crippen LogP contribution in [0.25, 0.3) is 0 Å². The molecule has 0 fully saturated rings. The molecule has 5 nitrogen and oxygen atoms in total. The van der Waals surface area contributed by atoms with Gasteiger partial charge < -0.3 is 10.6 Å². The van der Waals surface area contributed by atoms with E-state index in [1.807, 2.05) is 23.1 Å². The van der Waals surface area contributed by atoms with Crippen molar-refractivity contribution in [3.05, 3.63) is 18.5 Å². The van der Waals surface area contributed by atoms with E-state index < -0.39 is 0 Å². The lowest BCUT2D eigenvalue weighted by molar-refractivity contribution is 0.503. The summed E-state index contributed by atoms with van der Waals surface area (Å²) in [7, 11) is 0. The number of nitrogens with zero attached hydrogens (tertiary/aromatic N) is 3. The Morgan fingerprint density at radius 2 is 2.05 bits per heavy atom. The summed E-state index contributed by atoms with van der Waals surface area (Å²) in [5, 5.41) is 10.9. The van der Waals surface area contributed by atoms with E-state index in [4.69, 9.17) is 0 Å². The third-order valence-electron chi connectivity index (χ3n) is 3.42. The molecule has 0 aromatic carbocycles. The Kier molecular flexibility index (Phi) is 8.51. The smallest absolute Gasteiger partial charge is 0.191 e. The van der Waals surface area contributed by atoms with Gasteiger partial charge in [0.15, 0.2) is 5.96 Å². The zero-order valence-electron chi connectivity index (χ0n) is 13.1. The normalized spacial score (nSPS) is 11.9. The highest BCUT2D eigenvalue weighted by atomic mass is 15.3. The fourth-order valence-corrected chi connectivity index (χ4v) is 1.99. The second-order valence-corrected chi connectivity index (χ2v) is 4.95. The van der Waals surface area contributed by atoms with Crippen LogP contribution < -0.4 is 10.6 Å². The number of hydrogen-bond donors (Lipinski definition) is 2. The molecule has 20 heavy (non-hydrogen) atoms. The van der Waals surface area contributed by atoms with Crippen LogP contribution in [0.15, 0.2) is 23.5 Å². The van der Waals surface area contributed by atoms with Gasteiger partial charge in [-0.1, -0.05) is 26.7 Å². The van der Waals surface area contributed by atoms with Crippen molar-refractivity contribution in [2.45, 2.75) is 46.6 Å². The minimum absolute atomic E-state index is 0.689. The molecule has 0 unspecified atom stereocenters. The average molecular weight is 279 g/mol. The Hall–Kier alpha value is -1.52. The van der Waals surface area contributed by atoms with Gasteiger partial charge in [-0.05, 0) is 25.3 Å². The fourth-order valence-electron chi connectivity index (χ4n) is 1.99. The Bertz CT molecular complexity index is 354. The van der Waals surface area contributed by atoms with Crippen molar-refractivity contribution in [3.63, 3.8) is 0 Å². The zero-order chi connectivity index (χ0) is 14.6. The van der Waals surface area contributed by atoms with E-state index in [0.717, 1.165) is 38.6 Å². The molecule has 5 heteroatoms. The molecule has 0 aliphatic heterocycles. The quantitative estimate of drug-likeness (QED) is 0.414. The minimum atomic E-state index is 0.689. The standard InChI is InChI=1S/C15H29N5/c1-4-14(5-2)13-18-15(16-6-3)17-9-7-11-20-12-8-10-19-20/h8,10,12,14H,4-7,9,11,13H2,1-3H3,(H2,16,17,18). The molecule has 1 aromatic heterocycles. The molecule has 0 atom stereocenters. The van der Waals surface area contributed by atoms with E-state index in [1.165, 1.54) is 12.8 Å². The van der Waals surface area contributed by atoms with Crippen LogP contribution in [0.5, 0.6) is 0 Å². The SMILES string of the molecule is CCNC(=NCC(CC)CC)NCCCn1cccn1. The molecule has 0 bridgehead atoms. The molecule has 0 aliphatic rings. The number of aryl methyl sites for hydroxylation is 1. The minimum Gasteiger partial charge on any atom is -0.357 e. The number of hydrogen-bond acceptors (Lipinski definition) is 2. The van der Waals surface area contributed by atoms with Crippen molar-refractivity contribution in [1.82, 2.24) is 20.4 Å². The van der Waals surface area contributed by atoms with Gasteiger partial charge in [-0.25, -0.2) is 0 Å². The lowest BCUT2D eigenvalue weighted by atomic mass is 10.0. The molecule has 2 N–H and O–H groups in total. The van der Waals surface area contributed by atoms with Crippen LogP contribution in [0.2, 0.25) is 0 Å². The van der Waals surface area contributed by atoms with Gasteiger partial charge in [0, 0.05) is 38.6 Å². The van der Waals surface area contributed by atoms with Crippen LogP contribution in [-0.4, -0.2) is 35.4 Å². The maximum Gasteiger partial charge on any atom is 0.191 e. The van der Waals surface area contributed by atoms with Crippen molar-refractivity contribution in [2.24, 2.45) is 10.9 Å². The largest absolute Gasteiger partial charge is 0.357 e. The van der Waals surface area contributed by atoms with Crippen molar-refractivity contribution >= 4 is 5.96 Å². The van der Waals surface area contributed by atoms with E-state index in [0.29, 0.717) is 5.92 Å². The maximum absolute atomic E-state index is 4.66. The van der Waals surface area contributed by atoms with Crippen molar-refractivity contribution < 1.29 is 0 Å². The number of guanidine groups is 1. The molecule has 0 aliphatic carbocycles. The highest BCUT2D eigenvalue weighted by molar-refractivity contribution is 5.79. The first kappa shape index (κ1) is 16.5. The topological polar surface area (TPSA) is 54.2 Å². The first-order chi connectivity index (χ1) is 9.80. The zero-order valence-corrected chi connectivity index (χ0v) is 13.1. The molecule has 1 rings (SSSR count). The summed E-state index contributed by atoms with van der Waals surface area (Å²) in [5.74, 6) is 1.62. The van der Waals surface area contributed by atoms with E-state index in [-0.39, 0.29) is 0 Å². The summed E-state index contributed by atoms with van der Waals surface area (Å²) in [5.41, 5.74) is 0. The summed E-state index contributed by atoms with van der Waals surface area (Å²) in [6.07, 6.45) is 7.23.